The quantitative estimate of drug-likeness (QED) is 0.753. The average molecular weight is 350 g/mol. The number of rotatable bonds is 4. The molecule has 21 heavy (non-hydrogen) atoms. The minimum absolute atomic E-state index is 0.194. The van der Waals surface area contributed by atoms with E-state index in [2.05, 4.69) is 45.1 Å². The van der Waals surface area contributed by atoms with E-state index in [1.165, 1.54) is 36.8 Å². The summed E-state index contributed by atoms with van der Waals surface area (Å²) in [4.78, 5) is 15.2. The molecule has 0 bridgehead atoms. The SMILES string of the molecule is O=C(C1CCc2ccccc2C1)N(CCBr)C1CCCC1. The largest absolute Gasteiger partial charge is 0.339 e. The van der Waals surface area contributed by atoms with Gasteiger partial charge in [0.25, 0.3) is 0 Å². The van der Waals surface area contributed by atoms with E-state index in [1.807, 2.05) is 0 Å². The molecule has 0 aliphatic heterocycles. The molecular weight excluding hydrogens is 326 g/mol. The number of hydrogen-bond donors (Lipinski definition) is 0. The van der Waals surface area contributed by atoms with Crippen LogP contribution in [0.2, 0.25) is 0 Å². The van der Waals surface area contributed by atoms with Crippen LogP contribution in [0.4, 0.5) is 0 Å². The maximum Gasteiger partial charge on any atom is 0.226 e. The molecule has 1 aromatic rings. The predicted octanol–water partition coefficient (Wildman–Crippen LogP) is 3.96. The Morgan fingerprint density at radius 2 is 1.86 bits per heavy atom. The fourth-order valence-electron chi connectivity index (χ4n) is 3.92. The summed E-state index contributed by atoms with van der Waals surface area (Å²) in [5, 5.41) is 0.887. The number of fused-ring (bicyclic) bond motifs is 1. The molecule has 1 amide bonds. The first kappa shape index (κ1) is 15.1. The summed E-state index contributed by atoms with van der Waals surface area (Å²) in [6.45, 7) is 0.863. The van der Waals surface area contributed by atoms with E-state index in [1.54, 1.807) is 0 Å². The van der Waals surface area contributed by atoms with Gasteiger partial charge >= 0.3 is 0 Å². The number of carbonyl (C=O) groups excluding carboxylic acids is 1. The lowest BCUT2D eigenvalue weighted by atomic mass is 9.83. The van der Waals surface area contributed by atoms with E-state index in [4.69, 9.17) is 0 Å². The summed E-state index contributed by atoms with van der Waals surface area (Å²) in [5.41, 5.74) is 2.82. The molecule has 2 aliphatic rings. The number of aryl methyl sites for hydroxylation is 1. The van der Waals surface area contributed by atoms with Crippen LogP contribution >= 0.6 is 15.9 Å². The number of amides is 1. The topological polar surface area (TPSA) is 20.3 Å². The van der Waals surface area contributed by atoms with Crippen molar-refractivity contribution in [3.8, 4) is 0 Å². The molecule has 1 atom stereocenters. The minimum atomic E-state index is 0.194. The van der Waals surface area contributed by atoms with Crippen LogP contribution in [0.5, 0.6) is 0 Å². The number of alkyl halides is 1. The van der Waals surface area contributed by atoms with Crippen molar-refractivity contribution >= 4 is 21.8 Å². The van der Waals surface area contributed by atoms with Gasteiger partial charge in [-0.05, 0) is 43.2 Å². The highest BCUT2D eigenvalue weighted by Gasteiger charge is 2.32. The smallest absolute Gasteiger partial charge is 0.226 e. The maximum absolute atomic E-state index is 13.0. The Labute approximate surface area is 136 Å². The van der Waals surface area contributed by atoms with E-state index in [0.29, 0.717) is 11.9 Å². The van der Waals surface area contributed by atoms with Gasteiger partial charge in [-0.15, -0.1) is 0 Å². The van der Waals surface area contributed by atoms with Crippen molar-refractivity contribution in [2.45, 2.75) is 51.0 Å². The lowest BCUT2D eigenvalue weighted by molar-refractivity contribution is -0.137. The summed E-state index contributed by atoms with van der Waals surface area (Å²) in [7, 11) is 0. The fraction of sp³-hybridized carbons (Fsp3) is 0.611. The molecule has 3 rings (SSSR count). The van der Waals surface area contributed by atoms with Gasteiger partial charge in [-0.1, -0.05) is 53.0 Å². The Morgan fingerprint density at radius 1 is 1.14 bits per heavy atom. The van der Waals surface area contributed by atoms with Gasteiger partial charge in [0.05, 0.1) is 0 Å². The van der Waals surface area contributed by atoms with Crippen molar-refractivity contribution in [1.29, 1.82) is 0 Å². The van der Waals surface area contributed by atoms with E-state index in [0.717, 1.165) is 31.1 Å². The molecule has 0 N–H and O–H groups in total. The Bertz CT molecular complexity index is 496. The second-order valence-corrected chi connectivity index (χ2v) is 7.16. The molecule has 1 aromatic carbocycles. The van der Waals surface area contributed by atoms with Gasteiger partial charge in [0.1, 0.15) is 0 Å². The zero-order valence-corrected chi connectivity index (χ0v) is 14.1. The molecule has 114 valence electrons. The van der Waals surface area contributed by atoms with Gasteiger partial charge in [0, 0.05) is 23.8 Å². The van der Waals surface area contributed by atoms with E-state index >= 15 is 0 Å². The van der Waals surface area contributed by atoms with Crippen LogP contribution in [-0.2, 0) is 17.6 Å². The van der Waals surface area contributed by atoms with Gasteiger partial charge < -0.3 is 4.90 Å². The Morgan fingerprint density at radius 3 is 2.57 bits per heavy atom. The lowest BCUT2D eigenvalue weighted by Crippen LogP contribution is -2.44. The van der Waals surface area contributed by atoms with Crippen LogP contribution in [0.25, 0.3) is 0 Å². The van der Waals surface area contributed by atoms with Crippen molar-refractivity contribution in [3.63, 3.8) is 0 Å². The van der Waals surface area contributed by atoms with E-state index in [-0.39, 0.29) is 5.92 Å². The number of carbonyl (C=O) groups is 1. The van der Waals surface area contributed by atoms with Crippen LogP contribution in [-0.4, -0.2) is 28.7 Å². The third-order valence-corrected chi connectivity index (χ3v) is 5.42. The Hall–Kier alpha value is -0.830. The number of benzene rings is 1. The summed E-state index contributed by atoms with van der Waals surface area (Å²) in [6, 6.07) is 9.10. The van der Waals surface area contributed by atoms with E-state index < -0.39 is 0 Å². The van der Waals surface area contributed by atoms with Gasteiger partial charge in [0.2, 0.25) is 5.91 Å². The van der Waals surface area contributed by atoms with Crippen molar-refractivity contribution in [3.05, 3.63) is 35.4 Å². The first-order valence-electron chi connectivity index (χ1n) is 8.23. The third kappa shape index (κ3) is 3.33. The first-order chi connectivity index (χ1) is 10.3. The van der Waals surface area contributed by atoms with Crippen LogP contribution in [0.3, 0.4) is 0 Å². The molecular formula is C18H24BrNO. The normalized spacial score (nSPS) is 22.0. The van der Waals surface area contributed by atoms with Gasteiger partial charge in [-0.25, -0.2) is 0 Å². The molecule has 1 fully saturated rings. The zero-order valence-electron chi connectivity index (χ0n) is 12.6. The summed E-state index contributed by atoms with van der Waals surface area (Å²) >= 11 is 3.52. The Balaban J connectivity index is 1.71. The fourth-order valence-corrected chi connectivity index (χ4v) is 4.30. The number of halogens is 1. The van der Waals surface area contributed by atoms with Crippen LogP contribution in [0, 0.1) is 5.92 Å². The first-order valence-corrected chi connectivity index (χ1v) is 9.35. The van der Waals surface area contributed by atoms with Crippen molar-refractivity contribution in [1.82, 2.24) is 4.90 Å². The van der Waals surface area contributed by atoms with Gasteiger partial charge in [-0.3, -0.25) is 4.79 Å². The standard InChI is InChI=1S/C18H24BrNO/c19-11-12-20(17-7-3-4-8-17)18(21)16-10-9-14-5-1-2-6-15(14)13-16/h1-2,5-6,16-17H,3-4,7-13H2. The van der Waals surface area contributed by atoms with Crippen LogP contribution in [0.1, 0.15) is 43.2 Å². The molecule has 1 unspecified atom stereocenters. The van der Waals surface area contributed by atoms with Crippen LogP contribution in [0.15, 0.2) is 24.3 Å². The van der Waals surface area contributed by atoms with Crippen molar-refractivity contribution in [2.75, 3.05) is 11.9 Å². The third-order valence-electron chi connectivity index (χ3n) is 5.07. The number of hydrogen-bond acceptors (Lipinski definition) is 1. The second-order valence-electron chi connectivity index (χ2n) is 6.37. The van der Waals surface area contributed by atoms with Crippen molar-refractivity contribution < 1.29 is 4.79 Å². The van der Waals surface area contributed by atoms with Gasteiger partial charge in [-0.2, -0.15) is 0 Å². The average Bonchev–Trinajstić information content (AvgIpc) is 3.05. The summed E-state index contributed by atoms with van der Waals surface area (Å²) in [5.74, 6) is 0.593. The van der Waals surface area contributed by atoms with Gasteiger partial charge in [0.15, 0.2) is 0 Å². The maximum atomic E-state index is 13.0. The predicted molar refractivity (Wildman–Crippen MR) is 89.7 cm³/mol. The van der Waals surface area contributed by atoms with Crippen molar-refractivity contribution in [2.24, 2.45) is 5.92 Å². The molecule has 0 heterocycles. The molecule has 0 spiro atoms. The summed E-state index contributed by atoms with van der Waals surface area (Å²) < 4.78 is 0. The number of nitrogens with zero attached hydrogens (tertiary/aromatic N) is 1. The van der Waals surface area contributed by atoms with E-state index in [9.17, 15) is 4.79 Å². The molecule has 3 heteroatoms. The minimum Gasteiger partial charge on any atom is -0.339 e. The lowest BCUT2D eigenvalue weighted by Gasteiger charge is -2.34. The Kier molecular flexibility index (Phi) is 4.99. The molecule has 2 nitrogen and oxygen atoms in total. The highest BCUT2D eigenvalue weighted by molar-refractivity contribution is 9.09. The molecule has 0 aromatic heterocycles. The second kappa shape index (κ2) is 6.95. The highest BCUT2D eigenvalue weighted by atomic mass is 79.9. The van der Waals surface area contributed by atoms with Crippen LogP contribution < -0.4 is 0 Å². The monoisotopic (exact) mass is 349 g/mol. The molecule has 0 radical (unpaired) electrons. The zero-order chi connectivity index (χ0) is 14.7. The summed E-state index contributed by atoms with van der Waals surface area (Å²) in [6.07, 6.45) is 7.96. The molecule has 0 saturated heterocycles. The molecule has 2 aliphatic carbocycles. The highest BCUT2D eigenvalue weighted by Crippen LogP contribution is 2.30. The molecule has 1 saturated carbocycles.